The molecule has 11 heavy (non-hydrogen) atoms. The van der Waals surface area contributed by atoms with E-state index in [1.165, 1.54) is 0 Å². The zero-order valence-electron chi connectivity index (χ0n) is 6.71. The van der Waals surface area contributed by atoms with E-state index in [1.54, 1.807) is 0 Å². The molecule has 2 nitrogen and oxygen atoms in total. The first-order valence-electron chi connectivity index (χ1n) is 3.45. The summed E-state index contributed by atoms with van der Waals surface area (Å²) in [6, 6.07) is 0. The zero-order chi connectivity index (χ0) is 8.69. The average Bonchev–Trinajstić information content (AvgIpc) is 1.97. The summed E-state index contributed by atoms with van der Waals surface area (Å²) in [6.45, 7) is 4.77. The van der Waals surface area contributed by atoms with E-state index in [2.05, 4.69) is 36.2 Å². The van der Waals surface area contributed by atoms with E-state index in [0.717, 1.165) is 0 Å². The summed E-state index contributed by atoms with van der Waals surface area (Å²) in [7, 11) is 0. The fraction of sp³-hybridized carbons (Fsp3) is 0.857. The van der Waals surface area contributed by atoms with E-state index in [-0.39, 0.29) is 6.23 Å². The van der Waals surface area contributed by atoms with Crippen molar-refractivity contribution in [3.63, 3.8) is 0 Å². The van der Waals surface area contributed by atoms with Gasteiger partial charge >= 0.3 is 0 Å². The summed E-state index contributed by atoms with van der Waals surface area (Å²) < 4.78 is 5.27. The Morgan fingerprint density at radius 3 is 2.64 bits per heavy atom. The van der Waals surface area contributed by atoms with E-state index >= 15 is 0 Å². The number of hydrogen-bond acceptors (Lipinski definition) is 3. The van der Waals surface area contributed by atoms with Crippen molar-refractivity contribution in [2.45, 2.75) is 20.1 Å². The molecular formula is C7H12ClNOS. The lowest BCUT2D eigenvalue weighted by atomic mass is 10.2. The lowest BCUT2D eigenvalue weighted by Gasteiger charge is -2.10. The number of thiocarbonyl (C=S) groups is 1. The molecule has 0 saturated carbocycles. The molecule has 0 rings (SSSR count). The van der Waals surface area contributed by atoms with Crippen LogP contribution in [0.3, 0.4) is 0 Å². The minimum atomic E-state index is -0.323. The van der Waals surface area contributed by atoms with Crippen molar-refractivity contribution in [1.82, 2.24) is 0 Å². The van der Waals surface area contributed by atoms with Crippen LogP contribution in [-0.4, -0.2) is 23.9 Å². The molecule has 0 aromatic heterocycles. The summed E-state index contributed by atoms with van der Waals surface area (Å²) >= 11 is 9.94. The van der Waals surface area contributed by atoms with Crippen LogP contribution in [0.25, 0.3) is 0 Å². The van der Waals surface area contributed by atoms with Gasteiger partial charge in [-0.2, -0.15) is 4.99 Å². The van der Waals surface area contributed by atoms with E-state index < -0.39 is 0 Å². The normalized spacial score (nSPS) is 12.7. The third-order valence-electron chi connectivity index (χ3n) is 0.951. The predicted molar refractivity (Wildman–Crippen MR) is 50.3 cm³/mol. The first-order chi connectivity index (χ1) is 5.20. The van der Waals surface area contributed by atoms with Gasteiger partial charge in [-0.1, -0.05) is 13.8 Å². The van der Waals surface area contributed by atoms with Crippen molar-refractivity contribution < 1.29 is 4.74 Å². The van der Waals surface area contributed by atoms with Crippen LogP contribution in [0.2, 0.25) is 0 Å². The largest absolute Gasteiger partial charge is 0.354 e. The number of aliphatic imine (C=N–C) groups is 1. The summed E-state index contributed by atoms with van der Waals surface area (Å²) in [4.78, 5) is 3.73. The van der Waals surface area contributed by atoms with Crippen molar-refractivity contribution in [2.24, 2.45) is 10.9 Å². The summed E-state index contributed by atoms with van der Waals surface area (Å²) in [6.07, 6.45) is -0.323. The van der Waals surface area contributed by atoms with Crippen LogP contribution in [-0.2, 0) is 4.74 Å². The molecule has 64 valence electrons. The van der Waals surface area contributed by atoms with E-state index in [0.29, 0.717) is 18.4 Å². The Morgan fingerprint density at radius 2 is 2.27 bits per heavy atom. The zero-order valence-corrected chi connectivity index (χ0v) is 8.28. The number of halogens is 1. The number of isothiocyanates is 1. The maximum Gasteiger partial charge on any atom is 0.171 e. The minimum absolute atomic E-state index is 0.323. The molecule has 1 unspecified atom stereocenters. The number of rotatable bonds is 5. The molecule has 4 heteroatoms. The first-order valence-corrected chi connectivity index (χ1v) is 4.39. The average molecular weight is 194 g/mol. The fourth-order valence-electron chi connectivity index (χ4n) is 0.479. The molecule has 0 aliphatic rings. The second-order valence-electron chi connectivity index (χ2n) is 2.56. The molecule has 0 fully saturated rings. The lowest BCUT2D eigenvalue weighted by Crippen LogP contribution is -2.15. The number of alkyl halides is 1. The van der Waals surface area contributed by atoms with Gasteiger partial charge in [0.1, 0.15) is 0 Å². The highest BCUT2D eigenvalue weighted by Crippen LogP contribution is 2.00. The second kappa shape index (κ2) is 6.74. The van der Waals surface area contributed by atoms with E-state index in [9.17, 15) is 0 Å². The maximum absolute atomic E-state index is 5.52. The summed E-state index contributed by atoms with van der Waals surface area (Å²) in [5.74, 6) is 0.817. The maximum atomic E-state index is 5.52. The highest BCUT2D eigenvalue weighted by Gasteiger charge is 2.04. The molecule has 0 aliphatic heterocycles. The molecule has 1 atom stereocenters. The van der Waals surface area contributed by atoms with E-state index in [4.69, 9.17) is 16.3 Å². The molecule has 0 radical (unpaired) electrons. The van der Waals surface area contributed by atoms with Gasteiger partial charge in [-0.3, -0.25) is 0 Å². The van der Waals surface area contributed by atoms with Crippen molar-refractivity contribution in [1.29, 1.82) is 0 Å². The van der Waals surface area contributed by atoms with Gasteiger partial charge in [-0.25, -0.2) is 0 Å². The quantitative estimate of drug-likeness (QED) is 0.380. The van der Waals surface area contributed by atoms with Gasteiger partial charge < -0.3 is 4.74 Å². The molecule has 0 amide bonds. The Morgan fingerprint density at radius 1 is 1.64 bits per heavy atom. The summed E-state index contributed by atoms with van der Waals surface area (Å²) in [5, 5.41) is 2.24. The topological polar surface area (TPSA) is 21.6 Å². The van der Waals surface area contributed by atoms with Gasteiger partial charge in [0.25, 0.3) is 0 Å². The third-order valence-corrected chi connectivity index (χ3v) is 1.32. The van der Waals surface area contributed by atoms with Crippen LogP contribution in [0.4, 0.5) is 0 Å². The van der Waals surface area contributed by atoms with Crippen LogP contribution in [0.1, 0.15) is 13.8 Å². The molecule has 0 aromatic rings. The Kier molecular flexibility index (Phi) is 6.77. The van der Waals surface area contributed by atoms with Crippen molar-refractivity contribution in [3.8, 4) is 0 Å². The lowest BCUT2D eigenvalue weighted by molar-refractivity contribution is 0.0560. The molecule has 0 heterocycles. The highest BCUT2D eigenvalue weighted by atomic mass is 35.5. The molecular weight excluding hydrogens is 182 g/mol. The summed E-state index contributed by atoms with van der Waals surface area (Å²) in [5.41, 5.74) is 0. The monoisotopic (exact) mass is 193 g/mol. The minimum Gasteiger partial charge on any atom is -0.354 e. The highest BCUT2D eigenvalue weighted by molar-refractivity contribution is 7.78. The van der Waals surface area contributed by atoms with Gasteiger partial charge in [-0.05, 0) is 18.1 Å². The number of nitrogens with zero attached hydrogens (tertiary/aromatic N) is 1. The Hall–Kier alpha value is 0.0500. The van der Waals surface area contributed by atoms with Crippen molar-refractivity contribution >= 4 is 29.0 Å². The molecule has 0 bridgehead atoms. The molecule has 0 saturated heterocycles. The number of ether oxygens (including phenoxy) is 1. The van der Waals surface area contributed by atoms with Crippen LogP contribution in [0, 0.1) is 5.92 Å². The standard InChI is InChI=1S/C7H12ClNOS/c1-6(2)4-10-7(3-8)9-5-11/h6-7H,3-4H2,1-2H3. The van der Waals surface area contributed by atoms with Gasteiger partial charge in [0.15, 0.2) is 6.23 Å². The Balaban J connectivity index is 3.60. The second-order valence-corrected chi connectivity index (χ2v) is 3.05. The smallest absolute Gasteiger partial charge is 0.171 e. The van der Waals surface area contributed by atoms with E-state index in [1.807, 2.05) is 0 Å². The first kappa shape index (κ1) is 11.1. The van der Waals surface area contributed by atoms with Crippen molar-refractivity contribution in [2.75, 3.05) is 12.5 Å². The van der Waals surface area contributed by atoms with Crippen LogP contribution in [0.5, 0.6) is 0 Å². The van der Waals surface area contributed by atoms with Gasteiger partial charge in [0.05, 0.1) is 17.6 Å². The SMILES string of the molecule is CC(C)COC(CCl)N=C=S. The molecule has 0 aliphatic carbocycles. The van der Waals surface area contributed by atoms with Crippen LogP contribution >= 0.6 is 23.8 Å². The molecule has 0 aromatic carbocycles. The molecule has 0 spiro atoms. The fourth-order valence-corrected chi connectivity index (χ4v) is 0.754. The van der Waals surface area contributed by atoms with Gasteiger partial charge in [0.2, 0.25) is 0 Å². The van der Waals surface area contributed by atoms with Crippen LogP contribution < -0.4 is 0 Å². The van der Waals surface area contributed by atoms with Crippen molar-refractivity contribution in [3.05, 3.63) is 0 Å². The predicted octanol–water partition coefficient (Wildman–Crippen LogP) is 2.33. The molecule has 0 N–H and O–H groups in total. The van der Waals surface area contributed by atoms with Gasteiger partial charge in [-0.15, -0.1) is 11.6 Å². The van der Waals surface area contributed by atoms with Crippen LogP contribution in [0.15, 0.2) is 4.99 Å². The van der Waals surface area contributed by atoms with Gasteiger partial charge in [0, 0.05) is 0 Å². The Bertz CT molecular complexity index is 145. The third kappa shape index (κ3) is 6.45. The Labute approximate surface area is 77.6 Å². The number of hydrogen-bond donors (Lipinski definition) is 0.